The number of hydrogen-bond acceptors (Lipinski definition) is 3. The van der Waals surface area contributed by atoms with Crippen molar-refractivity contribution < 1.29 is 8.83 Å². The SMILES string of the molecule is c1ccc2c(c1)oc1cc3oc4c(ccc5c4c4ccccc4c4nccn54)c3cc12. The summed E-state index contributed by atoms with van der Waals surface area (Å²) >= 11 is 0. The number of nitrogens with zero attached hydrogens (tertiary/aromatic N) is 2. The van der Waals surface area contributed by atoms with Crippen LogP contribution in [0.1, 0.15) is 0 Å². The maximum atomic E-state index is 6.51. The minimum absolute atomic E-state index is 0.837. The second kappa shape index (κ2) is 5.24. The zero-order valence-corrected chi connectivity index (χ0v) is 16.3. The minimum atomic E-state index is 0.837. The number of fused-ring (bicyclic) bond motifs is 13. The molecule has 4 heterocycles. The molecule has 31 heavy (non-hydrogen) atoms. The van der Waals surface area contributed by atoms with Crippen molar-refractivity contribution in [3.63, 3.8) is 0 Å². The maximum Gasteiger partial charge on any atom is 0.145 e. The molecular formula is C27H14N2O2. The normalized spacial score (nSPS) is 12.5. The van der Waals surface area contributed by atoms with E-state index in [1.165, 1.54) is 0 Å². The number of rotatable bonds is 0. The lowest BCUT2D eigenvalue weighted by Gasteiger charge is -2.08. The Kier molecular flexibility index (Phi) is 2.62. The molecule has 0 atom stereocenters. The van der Waals surface area contributed by atoms with Gasteiger partial charge in [-0.15, -0.1) is 0 Å². The number of benzene rings is 4. The number of aromatic nitrogens is 2. The van der Waals surface area contributed by atoms with Crippen molar-refractivity contribution in [1.29, 1.82) is 0 Å². The van der Waals surface area contributed by atoms with Crippen molar-refractivity contribution in [1.82, 2.24) is 9.38 Å². The van der Waals surface area contributed by atoms with Crippen LogP contribution < -0.4 is 0 Å². The van der Waals surface area contributed by atoms with Gasteiger partial charge in [0.1, 0.15) is 28.0 Å². The van der Waals surface area contributed by atoms with Crippen LogP contribution in [-0.4, -0.2) is 9.38 Å². The summed E-state index contributed by atoms with van der Waals surface area (Å²) < 4.78 is 14.7. The van der Waals surface area contributed by atoms with Crippen molar-refractivity contribution in [2.24, 2.45) is 0 Å². The molecule has 0 saturated heterocycles. The Bertz CT molecular complexity index is 2000. The predicted molar refractivity (Wildman–Crippen MR) is 125 cm³/mol. The fraction of sp³-hybridized carbons (Fsp3) is 0. The van der Waals surface area contributed by atoms with E-state index >= 15 is 0 Å². The first kappa shape index (κ1) is 15.5. The van der Waals surface area contributed by atoms with Gasteiger partial charge in [-0.1, -0.05) is 42.5 Å². The molecule has 0 N–H and O–H groups in total. The Morgan fingerprint density at radius 3 is 2.32 bits per heavy atom. The molecule has 0 spiro atoms. The molecule has 144 valence electrons. The molecule has 0 unspecified atom stereocenters. The molecule has 8 aromatic rings. The third kappa shape index (κ3) is 1.83. The molecular weight excluding hydrogens is 384 g/mol. The van der Waals surface area contributed by atoms with Gasteiger partial charge in [-0.05, 0) is 29.7 Å². The second-order valence-corrected chi connectivity index (χ2v) is 8.05. The highest BCUT2D eigenvalue weighted by Gasteiger charge is 2.18. The summed E-state index contributed by atoms with van der Waals surface area (Å²) in [7, 11) is 0. The van der Waals surface area contributed by atoms with E-state index in [0.29, 0.717) is 0 Å². The van der Waals surface area contributed by atoms with Crippen molar-refractivity contribution in [3.05, 3.63) is 85.2 Å². The topological polar surface area (TPSA) is 43.6 Å². The first-order chi connectivity index (χ1) is 15.4. The molecule has 4 aromatic carbocycles. The van der Waals surface area contributed by atoms with E-state index in [-0.39, 0.29) is 0 Å². The average Bonchev–Trinajstić information content (AvgIpc) is 3.52. The number of para-hydroxylation sites is 1. The Labute approximate surface area is 174 Å². The van der Waals surface area contributed by atoms with Gasteiger partial charge in [0.25, 0.3) is 0 Å². The van der Waals surface area contributed by atoms with Crippen LogP contribution in [-0.2, 0) is 0 Å². The van der Waals surface area contributed by atoms with Crippen LogP contribution in [0.3, 0.4) is 0 Å². The van der Waals surface area contributed by atoms with Gasteiger partial charge in [0, 0.05) is 50.8 Å². The van der Waals surface area contributed by atoms with Gasteiger partial charge in [-0.25, -0.2) is 4.98 Å². The average molecular weight is 398 g/mol. The van der Waals surface area contributed by atoms with Crippen LogP contribution in [0, 0.1) is 0 Å². The van der Waals surface area contributed by atoms with Gasteiger partial charge in [0.05, 0.1) is 5.52 Å². The number of furan rings is 2. The summed E-state index contributed by atoms with van der Waals surface area (Å²) in [5.74, 6) is 0. The van der Waals surface area contributed by atoms with Crippen molar-refractivity contribution >= 4 is 71.2 Å². The Hall–Kier alpha value is -4.31. The molecule has 8 rings (SSSR count). The Morgan fingerprint density at radius 2 is 1.39 bits per heavy atom. The van der Waals surface area contributed by atoms with Crippen LogP contribution in [0.4, 0.5) is 0 Å². The van der Waals surface area contributed by atoms with Gasteiger partial charge in [-0.2, -0.15) is 0 Å². The van der Waals surface area contributed by atoms with E-state index in [0.717, 1.165) is 71.2 Å². The van der Waals surface area contributed by atoms with Gasteiger partial charge < -0.3 is 8.83 Å². The largest absolute Gasteiger partial charge is 0.456 e. The highest BCUT2D eigenvalue weighted by atomic mass is 16.3. The highest BCUT2D eigenvalue weighted by Crippen LogP contribution is 2.41. The van der Waals surface area contributed by atoms with E-state index < -0.39 is 0 Å². The van der Waals surface area contributed by atoms with Crippen LogP contribution in [0.25, 0.3) is 71.2 Å². The lowest BCUT2D eigenvalue weighted by atomic mass is 10.0. The first-order valence-corrected chi connectivity index (χ1v) is 10.3. The quantitative estimate of drug-likeness (QED) is 0.249. The third-order valence-corrected chi connectivity index (χ3v) is 6.45. The Balaban J connectivity index is 1.62. The third-order valence-electron chi connectivity index (χ3n) is 6.45. The van der Waals surface area contributed by atoms with Crippen LogP contribution in [0.2, 0.25) is 0 Å². The monoisotopic (exact) mass is 398 g/mol. The standard InChI is InChI=1S/C27H14N2O2/c1-2-7-18-16(6-1)25-21(29-12-11-28-27(18)29)10-9-17-20-13-19-15-5-3-4-8-22(15)30-23(19)14-24(20)31-26(17)25/h1-14H. The summed E-state index contributed by atoms with van der Waals surface area (Å²) in [5.41, 5.74) is 5.53. The van der Waals surface area contributed by atoms with E-state index in [9.17, 15) is 0 Å². The number of hydrogen-bond donors (Lipinski definition) is 0. The smallest absolute Gasteiger partial charge is 0.145 e. The fourth-order valence-electron chi connectivity index (χ4n) is 5.10. The maximum absolute atomic E-state index is 6.51. The molecule has 0 bridgehead atoms. The van der Waals surface area contributed by atoms with Crippen molar-refractivity contribution in [3.8, 4) is 0 Å². The summed E-state index contributed by atoms with van der Waals surface area (Å²) in [6.45, 7) is 0. The van der Waals surface area contributed by atoms with Gasteiger partial charge in [-0.3, -0.25) is 4.40 Å². The molecule has 0 aliphatic carbocycles. The van der Waals surface area contributed by atoms with Crippen molar-refractivity contribution in [2.75, 3.05) is 0 Å². The lowest BCUT2D eigenvalue weighted by Crippen LogP contribution is -1.90. The van der Waals surface area contributed by atoms with Gasteiger partial charge >= 0.3 is 0 Å². The van der Waals surface area contributed by atoms with Crippen molar-refractivity contribution in [2.45, 2.75) is 0 Å². The number of pyridine rings is 1. The fourth-order valence-corrected chi connectivity index (χ4v) is 5.10. The lowest BCUT2D eigenvalue weighted by molar-refractivity contribution is 0.658. The first-order valence-electron chi connectivity index (χ1n) is 10.3. The molecule has 4 aromatic heterocycles. The highest BCUT2D eigenvalue weighted by molar-refractivity contribution is 6.25. The molecule has 0 aliphatic heterocycles. The van der Waals surface area contributed by atoms with Crippen LogP contribution >= 0.6 is 0 Å². The zero-order chi connectivity index (χ0) is 20.1. The van der Waals surface area contributed by atoms with Crippen LogP contribution in [0.5, 0.6) is 0 Å². The van der Waals surface area contributed by atoms with Gasteiger partial charge in [0.15, 0.2) is 0 Å². The molecule has 0 radical (unpaired) electrons. The molecule has 0 fully saturated rings. The molecule has 0 amide bonds. The summed E-state index contributed by atoms with van der Waals surface area (Å²) in [6.07, 6.45) is 3.86. The van der Waals surface area contributed by atoms with E-state index in [1.807, 2.05) is 36.7 Å². The molecule has 4 nitrogen and oxygen atoms in total. The molecule has 0 saturated carbocycles. The van der Waals surface area contributed by atoms with E-state index in [4.69, 9.17) is 8.83 Å². The Morgan fingerprint density at radius 1 is 0.613 bits per heavy atom. The minimum Gasteiger partial charge on any atom is -0.456 e. The van der Waals surface area contributed by atoms with E-state index in [1.54, 1.807) is 0 Å². The van der Waals surface area contributed by atoms with E-state index in [2.05, 4.69) is 57.9 Å². The summed E-state index contributed by atoms with van der Waals surface area (Å²) in [5, 5.41) is 7.82. The molecule has 0 aliphatic rings. The summed E-state index contributed by atoms with van der Waals surface area (Å²) in [6, 6.07) is 25.1. The summed E-state index contributed by atoms with van der Waals surface area (Å²) in [4.78, 5) is 4.60. The van der Waals surface area contributed by atoms with Crippen LogP contribution in [0.15, 0.2) is 94.0 Å². The predicted octanol–water partition coefficient (Wildman–Crippen LogP) is 7.44. The second-order valence-electron chi connectivity index (χ2n) is 8.05. The van der Waals surface area contributed by atoms with Gasteiger partial charge in [0.2, 0.25) is 0 Å². The number of imidazole rings is 1. The molecule has 4 heteroatoms. The zero-order valence-electron chi connectivity index (χ0n) is 16.3.